The Labute approximate surface area is 117 Å². The molecule has 1 fully saturated rings. The molecule has 3 heterocycles. The van der Waals surface area contributed by atoms with Gasteiger partial charge in [-0.2, -0.15) is 5.10 Å². The molecule has 2 aliphatic heterocycles. The van der Waals surface area contributed by atoms with Crippen LogP contribution in [-0.4, -0.2) is 37.1 Å². The van der Waals surface area contributed by atoms with E-state index in [2.05, 4.69) is 15.4 Å². The maximum atomic E-state index is 12.4. The van der Waals surface area contributed by atoms with Gasteiger partial charge in [0.25, 0.3) is 5.91 Å². The van der Waals surface area contributed by atoms with E-state index in [-0.39, 0.29) is 18.0 Å². The largest absolute Gasteiger partial charge is 0.325 e. The van der Waals surface area contributed by atoms with Crippen molar-refractivity contribution in [3.05, 3.63) is 11.6 Å². The lowest BCUT2D eigenvalue weighted by atomic mass is 10.0. The second-order valence-corrected chi connectivity index (χ2v) is 5.85. The van der Waals surface area contributed by atoms with Gasteiger partial charge in [-0.25, -0.2) is 14.5 Å². The number of urea groups is 1. The van der Waals surface area contributed by atoms with Crippen molar-refractivity contribution < 1.29 is 9.59 Å². The van der Waals surface area contributed by atoms with E-state index in [0.717, 1.165) is 37.5 Å². The molecule has 20 heavy (non-hydrogen) atoms. The van der Waals surface area contributed by atoms with Gasteiger partial charge in [-0.05, 0) is 26.7 Å². The molecule has 0 spiro atoms. The number of aryl methyl sites for hydroxylation is 2. The standard InChI is InChI=1S/C13H19N5O2/c1-4-9-14-10-8(6-5-7-17(10)16-9)18-11(19)13(2,3)15-12(18)20/h8H,4-7H2,1-3H3,(H,15,20). The Kier molecular flexibility index (Phi) is 2.81. The number of amides is 3. The molecule has 0 saturated carbocycles. The molecular formula is C13H19N5O2. The molecule has 0 radical (unpaired) electrons. The van der Waals surface area contributed by atoms with Gasteiger partial charge in [-0.1, -0.05) is 6.92 Å². The van der Waals surface area contributed by atoms with Crippen molar-refractivity contribution in [2.24, 2.45) is 0 Å². The Bertz CT molecular complexity index is 577. The number of fused-ring (bicyclic) bond motifs is 1. The highest BCUT2D eigenvalue weighted by Gasteiger charge is 2.49. The molecule has 7 heteroatoms. The summed E-state index contributed by atoms with van der Waals surface area (Å²) in [6, 6.07) is -0.634. The summed E-state index contributed by atoms with van der Waals surface area (Å²) in [5.74, 6) is 1.30. The lowest BCUT2D eigenvalue weighted by molar-refractivity contribution is -0.132. The number of carbonyl (C=O) groups excluding carboxylic acids is 2. The SMILES string of the molecule is CCc1nc2n(n1)CCCC2N1C(=O)NC(C)(C)C1=O. The molecule has 0 aromatic carbocycles. The molecule has 1 unspecified atom stereocenters. The molecule has 1 aromatic rings. The Morgan fingerprint density at radius 1 is 1.40 bits per heavy atom. The fourth-order valence-corrected chi connectivity index (χ4v) is 2.83. The number of carbonyl (C=O) groups is 2. The zero-order chi connectivity index (χ0) is 14.5. The lowest BCUT2D eigenvalue weighted by Gasteiger charge is -2.28. The van der Waals surface area contributed by atoms with Crippen LogP contribution in [0.1, 0.15) is 51.3 Å². The van der Waals surface area contributed by atoms with E-state index < -0.39 is 5.54 Å². The van der Waals surface area contributed by atoms with Crippen LogP contribution >= 0.6 is 0 Å². The van der Waals surface area contributed by atoms with E-state index in [9.17, 15) is 9.59 Å². The lowest BCUT2D eigenvalue weighted by Crippen LogP contribution is -2.41. The van der Waals surface area contributed by atoms with Crippen LogP contribution in [0.25, 0.3) is 0 Å². The molecule has 3 rings (SSSR count). The van der Waals surface area contributed by atoms with Crippen molar-refractivity contribution in [3.8, 4) is 0 Å². The van der Waals surface area contributed by atoms with Gasteiger partial charge in [0.15, 0.2) is 11.6 Å². The molecule has 1 aromatic heterocycles. The van der Waals surface area contributed by atoms with E-state index in [4.69, 9.17) is 0 Å². The summed E-state index contributed by atoms with van der Waals surface area (Å²) in [7, 11) is 0. The van der Waals surface area contributed by atoms with E-state index in [0.29, 0.717) is 0 Å². The Balaban J connectivity index is 1.98. The van der Waals surface area contributed by atoms with E-state index in [1.807, 2.05) is 11.6 Å². The van der Waals surface area contributed by atoms with Crippen LogP contribution in [0.2, 0.25) is 0 Å². The van der Waals surface area contributed by atoms with Crippen molar-refractivity contribution in [1.29, 1.82) is 0 Å². The number of hydrogen-bond donors (Lipinski definition) is 1. The fraction of sp³-hybridized carbons (Fsp3) is 0.692. The van der Waals surface area contributed by atoms with Gasteiger partial charge < -0.3 is 5.32 Å². The normalized spacial score (nSPS) is 24.8. The molecule has 3 amide bonds. The predicted molar refractivity (Wildman–Crippen MR) is 70.8 cm³/mol. The molecule has 108 valence electrons. The Hall–Kier alpha value is -1.92. The van der Waals surface area contributed by atoms with Crippen LogP contribution in [0.15, 0.2) is 0 Å². The fourth-order valence-electron chi connectivity index (χ4n) is 2.83. The summed E-state index contributed by atoms with van der Waals surface area (Å²) in [4.78, 5) is 30.3. The number of hydrogen-bond acceptors (Lipinski definition) is 4. The first-order chi connectivity index (χ1) is 9.44. The first-order valence-electron chi connectivity index (χ1n) is 7.03. The van der Waals surface area contributed by atoms with Crippen LogP contribution in [-0.2, 0) is 17.8 Å². The quantitative estimate of drug-likeness (QED) is 0.818. The zero-order valence-electron chi connectivity index (χ0n) is 12.0. The highest BCUT2D eigenvalue weighted by molar-refractivity contribution is 6.06. The third kappa shape index (κ3) is 1.80. The summed E-state index contributed by atoms with van der Waals surface area (Å²) in [5, 5.41) is 7.14. The topological polar surface area (TPSA) is 80.1 Å². The number of nitrogens with one attached hydrogen (secondary N) is 1. The predicted octanol–water partition coefficient (Wildman–Crippen LogP) is 1.01. The minimum atomic E-state index is -0.840. The number of rotatable bonds is 2. The van der Waals surface area contributed by atoms with E-state index in [1.165, 1.54) is 4.90 Å². The molecular weight excluding hydrogens is 258 g/mol. The first kappa shape index (κ1) is 13.1. The highest BCUT2D eigenvalue weighted by Crippen LogP contribution is 2.33. The summed E-state index contributed by atoms with van der Waals surface area (Å²) in [6.45, 7) is 6.23. The summed E-state index contributed by atoms with van der Waals surface area (Å²) >= 11 is 0. The molecule has 0 aliphatic carbocycles. The number of imide groups is 1. The smallest absolute Gasteiger partial charge is 0.324 e. The van der Waals surface area contributed by atoms with Crippen molar-refractivity contribution in [3.63, 3.8) is 0 Å². The van der Waals surface area contributed by atoms with Crippen LogP contribution in [0.5, 0.6) is 0 Å². The average Bonchev–Trinajstić information content (AvgIpc) is 2.89. The van der Waals surface area contributed by atoms with Crippen molar-refractivity contribution in [2.45, 2.75) is 58.2 Å². The summed E-state index contributed by atoms with van der Waals surface area (Å²) in [5.41, 5.74) is -0.840. The zero-order valence-corrected chi connectivity index (χ0v) is 12.0. The molecule has 2 aliphatic rings. The molecule has 1 atom stereocenters. The van der Waals surface area contributed by atoms with Crippen LogP contribution in [0.3, 0.4) is 0 Å². The molecule has 1 N–H and O–H groups in total. The maximum Gasteiger partial charge on any atom is 0.325 e. The van der Waals surface area contributed by atoms with Crippen molar-refractivity contribution in [1.82, 2.24) is 25.0 Å². The minimum absolute atomic E-state index is 0.193. The second kappa shape index (κ2) is 4.29. The Morgan fingerprint density at radius 3 is 2.75 bits per heavy atom. The van der Waals surface area contributed by atoms with Gasteiger partial charge in [-0.3, -0.25) is 9.69 Å². The Morgan fingerprint density at radius 2 is 2.15 bits per heavy atom. The van der Waals surface area contributed by atoms with E-state index >= 15 is 0 Å². The third-order valence-corrected chi connectivity index (χ3v) is 3.91. The van der Waals surface area contributed by atoms with Gasteiger partial charge in [-0.15, -0.1) is 0 Å². The third-order valence-electron chi connectivity index (χ3n) is 3.91. The second-order valence-electron chi connectivity index (χ2n) is 5.85. The monoisotopic (exact) mass is 277 g/mol. The number of aromatic nitrogens is 3. The summed E-state index contributed by atoms with van der Waals surface area (Å²) < 4.78 is 1.83. The van der Waals surface area contributed by atoms with Crippen molar-refractivity contribution in [2.75, 3.05) is 0 Å². The average molecular weight is 277 g/mol. The molecule has 7 nitrogen and oxygen atoms in total. The van der Waals surface area contributed by atoms with Crippen molar-refractivity contribution >= 4 is 11.9 Å². The van der Waals surface area contributed by atoms with E-state index in [1.54, 1.807) is 13.8 Å². The summed E-state index contributed by atoms with van der Waals surface area (Å²) in [6.07, 6.45) is 2.39. The highest BCUT2D eigenvalue weighted by atomic mass is 16.2. The van der Waals surface area contributed by atoms with Gasteiger partial charge in [0.2, 0.25) is 0 Å². The van der Waals surface area contributed by atoms with Crippen LogP contribution in [0, 0.1) is 0 Å². The first-order valence-corrected chi connectivity index (χ1v) is 7.03. The maximum absolute atomic E-state index is 12.4. The van der Waals surface area contributed by atoms with Crippen LogP contribution in [0.4, 0.5) is 4.79 Å². The van der Waals surface area contributed by atoms with Gasteiger partial charge in [0.1, 0.15) is 11.6 Å². The van der Waals surface area contributed by atoms with Gasteiger partial charge >= 0.3 is 6.03 Å². The van der Waals surface area contributed by atoms with Gasteiger partial charge in [0, 0.05) is 13.0 Å². The van der Waals surface area contributed by atoms with Gasteiger partial charge in [0.05, 0.1) is 0 Å². The van der Waals surface area contributed by atoms with Crippen LogP contribution < -0.4 is 5.32 Å². The molecule has 1 saturated heterocycles. The minimum Gasteiger partial charge on any atom is -0.324 e. The number of nitrogens with zero attached hydrogens (tertiary/aromatic N) is 4. The molecule has 0 bridgehead atoms.